The molecule has 1 aromatic carbocycles. The first-order valence-corrected chi connectivity index (χ1v) is 6.71. The van der Waals surface area contributed by atoms with E-state index >= 15 is 0 Å². The highest BCUT2D eigenvalue weighted by Gasteiger charge is 2.18. The molecule has 0 bridgehead atoms. The minimum absolute atomic E-state index is 0.0381. The quantitative estimate of drug-likeness (QED) is 0.807. The molecule has 112 valence electrons. The first-order chi connectivity index (χ1) is 9.47. The van der Waals surface area contributed by atoms with Crippen molar-refractivity contribution in [2.45, 2.75) is 19.0 Å². The number of hydrogen-bond acceptors (Lipinski definition) is 4. The van der Waals surface area contributed by atoms with Crippen molar-refractivity contribution < 1.29 is 9.53 Å². The number of rotatable bonds is 7. The van der Waals surface area contributed by atoms with Crippen LogP contribution in [0.15, 0.2) is 24.3 Å². The van der Waals surface area contributed by atoms with Crippen molar-refractivity contribution in [3.63, 3.8) is 0 Å². The molecule has 1 atom stereocenters. The van der Waals surface area contributed by atoms with Crippen LogP contribution in [0.1, 0.15) is 12.0 Å². The van der Waals surface area contributed by atoms with Crippen LogP contribution >= 0.6 is 0 Å². The highest BCUT2D eigenvalue weighted by atomic mass is 16.5. The molecule has 0 saturated heterocycles. The number of likely N-dealkylation sites (N-methyl/N-ethyl adjacent to an activating group) is 1. The zero-order valence-electron chi connectivity index (χ0n) is 12.8. The SMILES string of the molecule is COc1cccc(CN(C)C(CN)CC(=O)N(C)C)c1. The Hall–Kier alpha value is -1.59. The van der Waals surface area contributed by atoms with Crippen LogP contribution in [0.2, 0.25) is 0 Å². The zero-order valence-corrected chi connectivity index (χ0v) is 12.8. The predicted molar refractivity (Wildman–Crippen MR) is 80.6 cm³/mol. The Balaban J connectivity index is 2.66. The lowest BCUT2D eigenvalue weighted by Crippen LogP contribution is -2.41. The van der Waals surface area contributed by atoms with Crippen molar-refractivity contribution in [2.24, 2.45) is 5.73 Å². The molecule has 0 aliphatic heterocycles. The Kier molecular flexibility index (Phi) is 6.48. The van der Waals surface area contributed by atoms with Crippen LogP contribution in [0, 0.1) is 0 Å². The number of carbonyl (C=O) groups is 1. The van der Waals surface area contributed by atoms with E-state index in [1.165, 1.54) is 0 Å². The number of hydrogen-bond donors (Lipinski definition) is 1. The van der Waals surface area contributed by atoms with E-state index in [1.807, 2.05) is 31.3 Å². The maximum atomic E-state index is 11.8. The lowest BCUT2D eigenvalue weighted by molar-refractivity contribution is -0.129. The third-order valence-corrected chi connectivity index (χ3v) is 3.37. The molecular formula is C15H25N3O2. The number of methoxy groups -OCH3 is 1. The average Bonchev–Trinajstić information content (AvgIpc) is 2.44. The van der Waals surface area contributed by atoms with Crippen LogP contribution in [0.3, 0.4) is 0 Å². The minimum atomic E-state index is 0.0381. The van der Waals surface area contributed by atoms with E-state index < -0.39 is 0 Å². The number of carbonyl (C=O) groups excluding carboxylic acids is 1. The van der Waals surface area contributed by atoms with Crippen molar-refractivity contribution in [3.05, 3.63) is 29.8 Å². The second-order valence-corrected chi connectivity index (χ2v) is 5.15. The van der Waals surface area contributed by atoms with Gasteiger partial charge < -0.3 is 15.4 Å². The maximum Gasteiger partial charge on any atom is 0.223 e. The third-order valence-electron chi connectivity index (χ3n) is 3.37. The van der Waals surface area contributed by atoms with Gasteiger partial charge in [0, 0.05) is 39.6 Å². The Labute approximate surface area is 121 Å². The van der Waals surface area contributed by atoms with E-state index in [2.05, 4.69) is 4.90 Å². The molecule has 0 heterocycles. The Morgan fingerprint density at radius 3 is 2.60 bits per heavy atom. The summed E-state index contributed by atoms with van der Waals surface area (Å²) in [4.78, 5) is 15.5. The first kappa shape index (κ1) is 16.5. The molecule has 1 aromatic rings. The molecule has 1 unspecified atom stereocenters. The normalized spacial score (nSPS) is 12.3. The van der Waals surface area contributed by atoms with Gasteiger partial charge in [-0.3, -0.25) is 9.69 Å². The summed E-state index contributed by atoms with van der Waals surface area (Å²) in [5, 5.41) is 0. The molecule has 0 radical (unpaired) electrons. The molecule has 20 heavy (non-hydrogen) atoms. The fourth-order valence-electron chi connectivity index (χ4n) is 1.99. The van der Waals surface area contributed by atoms with Crippen molar-refractivity contribution >= 4 is 5.91 Å². The van der Waals surface area contributed by atoms with Crippen LogP contribution in [0.4, 0.5) is 0 Å². The van der Waals surface area contributed by atoms with Crippen LogP contribution in [0.25, 0.3) is 0 Å². The fraction of sp³-hybridized carbons (Fsp3) is 0.533. The van der Waals surface area contributed by atoms with Crippen molar-refractivity contribution in [1.82, 2.24) is 9.80 Å². The van der Waals surface area contributed by atoms with Gasteiger partial charge in [0.25, 0.3) is 0 Å². The van der Waals surface area contributed by atoms with E-state index in [0.717, 1.165) is 17.9 Å². The Morgan fingerprint density at radius 2 is 2.05 bits per heavy atom. The van der Waals surface area contributed by atoms with E-state index in [1.54, 1.807) is 26.1 Å². The Morgan fingerprint density at radius 1 is 1.35 bits per heavy atom. The van der Waals surface area contributed by atoms with E-state index in [9.17, 15) is 4.79 Å². The molecule has 5 heteroatoms. The summed E-state index contributed by atoms with van der Waals surface area (Å²) in [5.41, 5.74) is 6.94. The zero-order chi connectivity index (χ0) is 15.1. The second-order valence-electron chi connectivity index (χ2n) is 5.15. The first-order valence-electron chi connectivity index (χ1n) is 6.71. The van der Waals surface area contributed by atoms with Crippen molar-refractivity contribution in [3.8, 4) is 5.75 Å². The number of benzene rings is 1. The number of ether oxygens (including phenoxy) is 1. The minimum Gasteiger partial charge on any atom is -0.497 e. The van der Waals surface area contributed by atoms with Gasteiger partial charge in [-0.05, 0) is 24.7 Å². The highest BCUT2D eigenvalue weighted by molar-refractivity contribution is 5.76. The fourth-order valence-corrected chi connectivity index (χ4v) is 1.99. The predicted octanol–water partition coefficient (Wildman–Crippen LogP) is 0.933. The molecule has 0 aromatic heterocycles. The molecule has 0 fully saturated rings. The molecule has 1 amide bonds. The number of nitrogens with two attached hydrogens (primary N) is 1. The van der Waals surface area contributed by atoms with E-state index in [4.69, 9.17) is 10.5 Å². The summed E-state index contributed by atoms with van der Waals surface area (Å²) in [5.74, 6) is 0.933. The van der Waals surface area contributed by atoms with Crippen LogP contribution in [-0.4, -0.2) is 56.5 Å². The molecule has 5 nitrogen and oxygen atoms in total. The smallest absolute Gasteiger partial charge is 0.223 e. The van der Waals surface area contributed by atoms with Crippen LogP contribution in [-0.2, 0) is 11.3 Å². The molecular weight excluding hydrogens is 254 g/mol. The highest BCUT2D eigenvalue weighted by Crippen LogP contribution is 2.15. The lowest BCUT2D eigenvalue weighted by atomic mass is 10.1. The number of amides is 1. The van der Waals surface area contributed by atoms with E-state index in [-0.39, 0.29) is 11.9 Å². The van der Waals surface area contributed by atoms with Gasteiger partial charge in [-0.2, -0.15) is 0 Å². The standard InChI is InChI=1S/C15H25N3O2/c1-17(2)15(19)9-13(10-16)18(3)11-12-6-5-7-14(8-12)20-4/h5-8,13H,9-11,16H2,1-4H3. The maximum absolute atomic E-state index is 11.8. The summed E-state index contributed by atoms with van der Waals surface area (Å²) in [6.07, 6.45) is 0.434. The second kappa shape index (κ2) is 7.87. The van der Waals surface area contributed by atoms with Gasteiger partial charge >= 0.3 is 0 Å². The van der Waals surface area contributed by atoms with Gasteiger partial charge in [-0.15, -0.1) is 0 Å². The van der Waals surface area contributed by atoms with Gasteiger partial charge in [0.15, 0.2) is 0 Å². The average molecular weight is 279 g/mol. The summed E-state index contributed by atoms with van der Waals surface area (Å²) in [6, 6.07) is 7.96. The molecule has 0 spiro atoms. The lowest BCUT2D eigenvalue weighted by Gasteiger charge is -2.27. The molecule has 1 rings (SSSR count). The monoisotopic (exact) mass is 279 g/mol. The Bertz CT molecular complexity index is 435. The topological polar surface area (TPSA) is 58.8 Å². The molecule has 2 N–H and O–H groups in total. The van der Waals surface area contributed by atoms with Gasteiger partial charge in [0.05, 0.1) is 7.11 Å². The van der Waals surface area contributed by atoms with Gasteiger partial charge in [0.1, 0.15) is 5.75 Å². The summed E-state index contributed by atoms with van der Waals surface area (Å²) < 4.78 is 5.22. The largest absolute Gasteiger partial charge is 0.497 e. The van der Waals surface area contributed by atoms with E-state index in [0.29, 0.717) is 13.0 Å². The third kappa shape index (κ3) is 4.83. The molecule has 0 saturated carbocycles. The summed E-state index contributed by atoms with van der Waals surface area (Å²) >= 11 is 0. The summed E-state index contributed by atoms with van der Waals surface area (Å²) in [7, 11) is 7.16. The van der Waals surface area contributed by atoms with Crippen molar-refractivity contribution in [2.75, 3.05) is 34.8 Å². The summed E-state index contributed by atoms with van der Waals surface area (Å²) in [6.45, 7) is 1.19. The van der Waals surface area contributed by atoms with Crippen LogP contribution in [0.5, 0.6) is 5.75 Å². The van der Waals surface area contributed by atoms with Crippen molar-refractivity contribution in [1.29, 1.82) is 0 Å². The van der Waals surface area contributed by atoms with Gasteiger partial charge in [0.2, 0.25) is 5.91 Å². The van der Waals surface area contributed by atoms with Gasteiger partial charge in [-0.1, -0.05) is 12.1 Å². The molecule has 0 aliphatic carbocycles. The molecule has 0 aliphatic rings. The van der Waals surface area contributed by atoms with Gasteiger partial charge in [-0.25, -0.2) is 0 Å². The number of nitrogens with zero attached hydrogens (tertiary/aromatic N) is 2. The van der Waals surface area contributed by atoms with Crippen LogP contribution < -0.4 is 10.5 Å².